The highest BCUT2D eigenvalue weighted by Gasteiger charge is 2.33. The van der Waals surface area contributed by atoms with Crippen molar-refractivity contribution in [1.82, 2.24) is 0 Å². The molecule has 0 aliphatic heterocycles. The molecule has 2 N–H and O–H groups in total. The van der Waals surface area contributed by atoms with E-state index >= 15 is 0 Å². The van der Waals surface area contributed by atoms with Crippen molar-refractivity contribution in [3.8, 4) is 0 Å². The van der Waals surface area contributed by atoms with Gasteiger partial charge in [-0.2, -0.15) is 0 Å². The first-order valence-electron chi connectivity index (χ1n) is 5.40. The van der Waals surface area contributed by atoms with Crippen LogP contribution in [0.15, 0.2) is 0 Å². The third-order valence-corrected chi connectivity index (χ3v) is 6.30. The van der Waals surface area contributed by atoms with Crippen LogP contribution in [0.3, 0.4) is 0 Å². The molecule has 0 spiro atoms. The molecule has 2 atom stereocenters. The Morgan fingerprint density at radius 1 is 1.40 bits per heavy atom. The minimum Gasteiger partial charge on any atom is -0.479 e. The monoisotopic (exact) mass is 234 g/mol. The molecule has 5 heteroatoms. The molecule has 2 unspecified atom stereocenters. The normalized spacial score (nSPS) is 24.4. The number of aliphatic hydroxyl groups is 1. The van der Waals surface area contributed by atoms with Gasteiger partial charge in [0.25, 0.3) is 0 Å². The number of aliphatic carboxylic acids is 1. The topological polar surface area (TPSA) is 74.6 Å². The van der Waals surface area contributed by atoms with Gasteiger partial charge in [-0.15, -0.1) is 0 Å². The molecule has 15 heavy (non-hydrogen) atoms. The Hall–Kier alpha value is -0.340. The summed E-state index contributed by atoms with van der Waals surface area (Å²) in [6.45, 7) is 1.63. The van der Waals surface area contributed by atoms with E-state index in [2.05, 4.69) is 0 Å². The lowest BCUT2D eigenvalue weighted by Crippen LogP contribution is -2.27. The van der Waals surface area contributed by atoms with Gasteiger partial charge in [0.15, 0.2) is 6.10 Å². The molecule has 4 nitrogen and oxygen atoms in total. The van der Waals surface area contributed by atoms with E-state index < -0.39 is 19.2 Å². The lowest BCUT2D eigenvalue weighted by atomic mass is 10.0. The summed E-state index contributed by atoms with van der Waals surface area (Å²) in [5.74, 6) is -1.27. The van der Waals surface area contributed by atoms with Gasteiger partial charge >= 0.3 is 5.97 Å². The second-order valence-electron chi connectivity index (χ2n) is 4.50. The fourth-order valence-corrected chi connectivity index (χ4v) is 4.80. The predicted octanol–water partition coefficient (Wildman–Crippen LogP) is 1.76. The molecule has 0 aromatic rings. The molecule has 0 saturated heterocycles. The van der Waals surface area contributed by atoms with Crippen LogP contribution in [-0.2, 0) is 9.36 Å². The van der Waals surface area contributed by atoms with Crippen LogP contribution in [0.2, 0.25) is 0 Å². The maximum atomic E-state index is 12.3. The molecule has 0 radical (unpaired) electrons. The van der Waals surface area contributed by atoms with Gasteiger partial charge in [0.2, 0.25) is 0 Å². The summed E-state index contributed by atoms with van der Waals surface area (Å²) >= 11 is 0. The van der Waals surface area contributed by atoms with Crippen molar-refractivity contribution in [1.29, 1.82) is 0 Å². The van der Waals surface area contributed by atoms with Crippen LogP contribution in [-0.4, -0.2) is 40.8 Å². The van der Waals surface area contributed by atoms with Gasteiger partial charge in [0.1, 0.15) is 0 Å². The Morgan fingerprint density at radius 2 is 1.93 bits per heavy atom. The molecule has 0 heterocycles. The minimum absolute atomic E-state index is 0.0764. The fraction of sp³-hybridized carbons (Fsp3) is 0.900. The number of hydrogen-bond donors (Lipinski definition) is 2. The van der Waals surface area contributed by atoms with E-state index in [0.717, 1.165) is 25.7 Å². The zero-order valence-corrected chi connectivity index (χ0v) is 9.95. The third kappa shape index (κ3) is 3.62. The maximum Gasteiger partial charge on any atom is 0.333 e. The van der Waals surface area contributed by atoms with E-state index in [-0.39, 0.29) is 11.8 Å². The summed E-state index contributed by atoms with van der Waals surface area (Å²) in [5.41, 5.74) is 0.125. The average Bonchev–Trinajstić information content (AvgIpc) is 2.18. The standard InChI is InChI=1S/C10H19O4P/c1-15(14,7-9(11)10(12)13)8-5-3-2-4-6-8/h8-9,11H,2-7H2,1H3,(H,12,13). The second-order valence-corrected chi connectivity index (χ2v) is 7.95. The summed E-state index contributed by atoms with van der Waals surface area (Å²) < 4.78 is 12.3. The van der Waals surface area contributed by atoms with Gasteiger partial charge < -0.3 is 14.8 Å². The van der Waals surface area contributed by atoms with Crippen LogP contribution >= 0.6 is 7.14 Å². The largest absolute Gasteiger partial charge is 0.479 e. The molecule has 0 bridgehead atoms. The molecular weight excluding hydrogens is 215 g/mol. The summed E-state index contributed by atoms with van der Waals surface area (Å²) in [4.78, 5) is 10.5. The molecule has 0 aromatic heterocycles. The zero-order valence-electron chi connectivity index (χ0n) is 9.06. The smallest absolute Gasteiger partial charge is 0.333 e. The number of carboxylic acid groups (broad SMARTS) is 1. The highest BCUT2D eigenvalue weighted by molar-refractivity contribution is 7.64. The zero-order chi connectivity index (χ0) is 11.5. The van der Waals surface area contributed by atoms with Crippen molar-refractivity contribution in [2.75, 3.05) is 12.8 Å². The summed E-state index contributed by atoms with van der Waals surface area (Å²) in [7, 11) is -2.51. The fourth-order valence-electron chi connectivity index (χ4n) is 2.20. The van der Waals surface area contributed by atoms with Crippen molar-refractivity contribution in [2.24, 2.45) is 0 Å². The Bertz CT molecular complexity index is 271. The number of carbonyl (C=O) groups is 1. The molecular formula is C10H19O4P. The van der Waals surface area contributed by atoms with Crippen LogP contribution in [0.1, 0.15) is 32.1 Å². The van der Waals surface area contributed by atoms with Crippen LogP contribution in [0.25, 0.3) is 0 Å². The minimum atomic E-state index is -2.51. The molecule has 0 amide bonds. The van der Waals surface area contributed by atoms with E-state index in [1.54, 1.807) is 6.66 Å². The van der Waals surface area contributed by atoms with Gasteiger partial charge in [-0.3, -0.25) is 0 Å². The highest BCUT2D eigenvalue weighted by Crippen LogP contribution is 2.52. The molecule has 1 fully saturated rings. The Balaban J connectivity index is 2.56. The number of hydrogen-bond acceptors (Lipinski definition) is 3. The predicted molar refractivity (Wildman–Crippen MR) is 58.9 cm³/mol. The molecule has 1 rings (SSSR count). The van der Waals surface area contributed by atoms with Crippen LogP contribution in [0.5, 0.6) is 0 Å². The van der Waals surface area contributed by atoms with Gasteiger partial charge in [-0.25, -0.2) is 4.79 Å². The van der Waals surface area contributed by atoms with Gasteiger partial charge in [-0.1, -0.05) is 19.3 Å². The van der Waals surface area contributed by atoms with Crippen molar-refractivity contribution in [2.45, 2.75) is 43.9 Å². The summed E-state index contributed by atoms with van der Waals surface area (Å²) in [6.07, 6.45) is 3.62. The lowest BCUT2D eigenvalue weighted by Gasteiger charge is -2.28. The number of carboxylic acids is 1. The van der Waals surface area contributed by atoms with E-state index in [1.807, 2.05) is 0 Å². The molecule has 0 aromatic carbocycles. The Kier molecular flexibility index (Phi) is 4.35. The van der Waals surface area contributed by atoms with Crippen LogP contribution in [0.4, 0.5) is 0 Å². The molecule has 88 valence electrons. The quantitative estimate of drug-likeness (QED) is 0.727. The van der Waals surface area contributed by atoms with E-state index in [0.29, 0.717) is 0 Å². The van der Waals surface area contributed by atoms with Crippen molar-refractivity contribution in [3.05, 3.63) is 0 Å². The van der Waals surface area contributed by atoms with Gasteiger partial charge in [0.05, 0.1) is 7.14 Å². The number of rotatable bonds is 4. The first kappa shape index (κ1) is 12.7. The first-order chi connectivity index (χ1) is 6.93. The van der Waals surface area contributed by atoms with E-state index in [4.69, 9.17) is 5.11 Å². The highest BCUT2D eigenvalue weighted by atomic mass is 31.2. The van der Waals surface area contributed by atoms with Gasteiger partial charge in [-0.05, 0) is 19.5 Å². The molecule has 1 aliphatic carbocycles. The van der Waals surface area contributed by atoms with Crippen molar-refractivity contribution < 1.29 is 19.6 Å². The molecule has 1 saturated carbocycles. The number of aliphatic hydroxyl groups excluding tert-OH is 1. The SMILES string of the molecule is CP(=O)(CC(O)C(=O)O)C1CCCCC1. The van der Waals surface area contributed by atoms with E-state index in [9.17, 15) is 14.5 Å². The van der Waals surface area contributed by atoms with Crippen molar-refractivity contribution in [3.63, 3.8) is 0 Å². The molecule has 1 aliphatic rings. The third-order valence-electron chi connectivity index (χ3n) is 3.17. The van der Waals surface area contributed by atoms with Crippen molar-refractivity contribution >= 4 is 13.1 Å². The summed E-state index contributed by atoms with van der Waals surface area (Å²) in [6, 6.07) is 0. The summed E-state index contributed by atoms with van der Waals surface area (Å²) in [5, 5.41) is 17.8. The second kappa shape index (κ2) is 5.13. The average molecular weight is 234 g/mol. The van der Waals surface area contributed by atoms with Gasteiger partial charge in [0, 0.05) is 11.8 Å². The Labute approximate surface area is 90.1 Å². The Morgan fingerprint density at radius 3 is 2.40 bits per heavy atom. The van der Waals surface area contributed by atoms with E-state index in [1.165, 1.54) is 6.42 Å². The first-order valence-corrected chi connectivity index (χ1v) is 7.81. The lowest BCUT2D eigenvalue weighted by molar-refractivity contribution is -0.145. The maximum absolute atomic E-state index is 12.3. The van der Waals surface area contributed by atoms with Crippen LogP contribution in [0, 0.1) is 0 Å². The van der Waals surface area contributed by atoms with Crippen LogP contribution < -0.4 is 0 Å².